The predicted octanol–water partition coefficient (Wildman–Crippen LogP) is 7.74. The van der Waals surface area contributed by atoms with Gasteiger partial charge in [-0.3, -0.25) is 4.79 Å². The topological polar surface area (TPSA) is 25.2 Å². The average Bonchev–Trinajstić information content (AvgIpc) is 3.24. The summed E-state index contributed by atoms with van der Waals surface area (Å²) in [4.78, 5) is 15.6. The molecule has 0 radical (unpaired) electrons. The maximum atomic E-state index is 13.6. The molecule has 0 fully saturated rings. The molecule has 1 aromatic heterocycles. The fraction of sp³-hybridized carbons (Fsp3) is 0.250. The molecule has 33 heavy (non-hydrogen) atoms. The van der Waals surface area contributed by atoms with E-state index in [0.29, 0.717) is 22.5 Å². The van der Waals surface area contributed by atoms with Gasteiger partial charge in [-0.2, -0.15) is 0 Å². The van der Waals surface area contributed by atoms with Crippen molar-refractivity contribution in [1.82, 2.24) is 9.47 Å². The summed E-state index contributed by atoms with van der Waals surface area (Å²) in [5, 5.41) is 2.33. The summed E-state index contributed by atoms with van der Waals surface area (Å²) < 4.78 is 2.19. The molecule has 168 valence electrons. The summed E-state index contributed by atoms with van der Waals surface area (Å²) in [6.45, 7) is 5.09. The van der Waals surface area contributed by atoms with E-state index in [1.54, 1.807) is 6.07 Å². The van der Waals surface area contributed by atoms with Crippen LogP contribution >= 0.6 is 23.2 Å². The van der Waals surface area contributed by atoms with Crippen molar-refractivity contribution in [3.63, 3.8) is 0 Å². The Kier molecular flexibility index (Phi) is 5.72. The van der Waals surface area contributed by atoms with E-state index in [0.717, 1.165) is 45.3 Å². The zero-order valence-electron chi connectivity index (χ0n) is 19.0. The molecule has 0 N–H and O–H groups in total. The van der Waals surface area contributed by atoms with Gasteiger partial charge in [0.15, 0.2) is 0 Å². The Balaban J connectivity index is 1.82. The third-order valence-electron chi connectivity index (χ3n) is 6.61. The number of halogens is 2. The van der Waals surface area contributed by atoms with Crippen LogP contribution in [0, 0.1) is 5.92 Å². The van der Waals surface area contributed by atoms with Crippen LogP contribution in [0.3, 0.4) is 0 Å². The SMILES string of the molecule is CC(C)CCN1C(=O)c2ccccc2[C@@H]1c1c(-c2ccc(Cl)cc2Cl)n(C)c2ccccc12. The molecule has 3 aromatic carbocycles. The number of fused-ring (bicyclic) bond motifs is 2. The van der Waals surface area contributed by atoms with Crippen LogP contribution in [0.5, 0.6) is 0 Å². The van der Waals surface area contributed by atoms with Crippen LogP contribution in [0.1, 0.15) is 47.8 Å². The lowest BCUT2D eigenvalue weighted by molar-refractivity contribution is 0.0742. The average molecular weight is 477 g/mol. The molecule has 0 spiro atoms. The highest BCUT2D eigenvalue weighted by Gasteiger charge is 2.40. The van der Waals surface area contributed by atoms with Gasteiger partial charge in [-0.25, -0.2) is 0 Å². The molecule has 0 unspecified atom stereocenters. The number of benzene rings is 3. The second kappa shape index (κ2) is 8.55. The molecule has 0 aliphatic carbocycles. The first kappa shape index (κ1) is 22.1. The highest BCUT2D eigenvalue weighted by molar-refractivity contribution is 6.36. The summed E-state index contributed by atoms with van der Waals surface area (Å²) in [5.74, 6) is 0.595. The molecule has 1 amide bonds. The Morgan fingerprint density at radius 1 is 0.939 bits per heavy atom. The molecule has 0 bridgehead atoms. The monoisotopic (exact) mass is 476 g/mol. The smallest absolute Gasteiger partial charge is 0.255 e. The number of para-hydroxylation sites is 1. The number of rotatable bonds is 5. The van der Waals surface area contributed by atoms with Crippen molar-refractivity contribution in [1.29, 1.82) is 0 Å². The third-order valence-corrected chi connectivity index (χ3v) is 7.16. The van der Waals surface area contributed by atoms with Crippen LogP contribution in [0.4, 0.5) is 0 Å². The molecule has 4 aromatic rings. The Bertz CT molecular complexity index is 1370. The summed E-state index contributed by atoms with van der Waals surface area (Å²) in [6, 6.07) is 21.8. The fourth-order valence-electron chi connectivity index (χ4n) is 5.02. The predicted molar refractivity (Wildman–Crippen MR) is 137 cm³/mol. The van der Waals surface area contributed by atoms with Crippen LogP contribution in [0.25, 0.3) is 22.2 Å². The number of aromatic nitrogens is 1. The van der Waals surface area contributed by atoms with Gasteiger partial charge in [-0.15, -0.1) is 0 Å². The van der Waals surface area contributed by atoms with Crippen molar-refractivity contribution < 1.29 is 4.79 Å². The molecule has 0 saturated heterocycles. The van der Waals surface area contributed by atoms with E-state index in [1.165, 1.54) is 0 Å². The van der Waals surface area contributed by atoms with Gasteiger partial charge < -0.3 is 9.47 Å². The third kappa shape index (κ3) is 3.64. The molecule has 2 heterocycles. The standard InChI is InChI=1S/C28H26Cl2N2O/c1-17(2)14-15-32-27(19-8-4-5-9-20(19)28(32)33)25-22-10-6-7-11-24(22)31(3)26(25)21-13-12-18(29)16-23(21)30/h4-13,16-17,27H,14-15H2,1-3H3/t27-/m1/s1. The largest absolute Gasteiger partial charge is 0.343 e. The lowest BCUT2D eigenvalue weighted by Gasteiger charge is -2.28. The minimum absolute atomic E-state index is 0.0948. The van der Waals surface area contributed by atoms with E-state index in [1.807, 2.05) is 41.3 Å². The summed E-state index contributed by atoms with van der Waals surface area (Å²) in [7, 11) is 2.06. The van der Waals surface area contributed by atoms with Crippen molar-refractivity contribution in [2.75, 3.05) is 6.54 Å². The van der Waals surface area contributed by atoms with E-state index >= 15 is 0 Å². The number of carbonyl (C=O) groups is 1. The van der Waals surface area contributed by atoms with Gasteiger partial charge in [-0.05, 0) is 48.2 Å². The molecule has 3 nitrogen and oxygen atoms in total. The molecule has 1 atom stereocenters. The van der Waals surface area contributed by atoms with Gasteiger partial charge in [0.05, 0.1) is 16.8 Å². The maximum absolute atomic E-state index is 13.6. The first-order valence-corrected chi connectivity index (χ1v) is 12.1. The number of amides is 1. The van der Waals surface area contributed by atoms with Gasteiger partial charge in [0.25, 0.3) is 5.91 Å². The molecular formula is C28H26Cl2N2O. The van der Waals surface area contributed by atoms with Gasteiger partial charge >= 0.3 is 0 Å². The quantitative estimate of drug-likeness (QED) is 0.289. The van der Waals surface area contributed by atoms with E-state index in [4.69, 9.17) is 23.2 Å². The molecule has 0 saturated carbocycles. The van der Waals surface area contributed by atoms with Crippen LogP contribution in [0.15, 0.2) is 66.7 Å². The highest BCUT2D eigenvalue weighted by atomic mass is 35.5. The van der Waals surface area contributed by atoms with Crippen molar-refractivity contribution in [2.24, 2.45) is 13.0 Å². The Morgan fingerprint density at radius 3 is 2.42 bits per heavy atom. The van der Waals surface area contributed by atoms with Gasteiger partial charge in [0, 0.05) is 46.2 Å². The van der Waals surface area contributed by atoms with Crippen LogP contribution in [0.2, 0.25) is 10.0 Å². The first-order valence-electron chi connectivity index (χ1n) is 11.3. The molecule has 5 rings (SSSR count). The number of hydrogen-bond donors (Lipinski definition) is 0. The minimum atomic E-state index is -0.180. The van der Waals surface area contributed by atoms with Crippen molar-refractivity contribution in [3.8, 4) is 11.3 Å². The first-order chi connectivity index (χ1) is 15.9. The number of nitrogens with zero attached hydrogens (tertiary/aromatic N) is 2. The minimum Gasteiger partial charge on any atom is -0.343 e. The number of carbonyl (C=O) groups excluding carboxylic acids is 1. The summed E-state index contributed by atoms with van der Waals surface area (Å²) in [6.07, 6.45) is 0.942. The molecular weight excluding hydrogens is 451 g/mol. The zero-order chi connectivity index (χ0) is 23.3. The second-order valence-electron chi connectivity index (χ2n) is 9.13. The Hall–Kier alpha value is -2.75. The lowest BCUT2D eigenvalue weighted by atomic mass is 9.93. The van der Waals surface area contributed by atoms with Crippen molar-refractivity contribution in [3.05, 3.63) is 93.5 Å². The van der Waals surface area contributed by atoms with Gasteiger partial charge in [-0.1, -0.05) is 73.4 Å². The van der Waals surface area contributed by atoms with Crippen LogP contribution < -0.4 is 0 Å². The zero-order valence-corrected chi connectivity index (χ0v) is 20.5. The highest BCUT2D eigenvalue weighted by Crippen LogP contribution is 2.47. The van der Waals surface area contributed by atoms with E-state index in [2.05, 4.69) is 49.7 Å². The molecule has 1 aliphatic heterocycles. The van der Waals surface area contributed by atoms with Crippen molar-refractivity contribution in [2.45, 2.75) is 26.3 Å². The summed E-state index contributed by atoms with van der Waals surface area (Å²) in [5.41, 5.74) is 5.98. The number of hydrogen-bond acceptors (Lipinski definition) is 1. The second-order valence-corrected chi connectivity index (χ2v) is 9.98. The molecule has 1 aliphatic rings. The van der Waals surface area contributed by atoms with Crippen molar-refractivity contribution >= 4 is 40.0 Å². The van der Waals surface area contributed by atoms with Crippen LogP contribution in [-0.2, 0) is 7.05 Å². The van der Waals surface area contributed by atoms with Gasteiger partial charge in [0.2, 0.25) is 0 Å². The van der Waals surface area contributed by atoms with E-state index < -0.39 is 0 Å². The molecule has 5 heteroatoms. The normalized spacial score (nSPS) is 15.6. The fourth-order valence-corrected chi connectivity index (χ4v) is 5.51. The number of aryl methyl sites for hydroxylation is 1. The van der Waals surface area contributed by atoms with Gasteiger partial charge in [0.1, 0.15) is 0 Å². The summed E-state index contributed by atoms with van der Waals surface area (Å²) >= 11 is 13.0. The Labute approximate surface area is 204 Å². The van der Waals surface area contributed by atoms with E-state index in [9.17, 15) is 4.79 Å². The maximum Gasteiger partial charge on any atom is 0.255 e. The van der Waals surface area contributed by atoms with Crippen LogP contribution in [-0.4, -0.2) is 21.9 Å². The lowest BCUT2D eigenvalue weighted by Crippen LogP contribution is -2.30. The Morgan fingerprint density at radius 2 is 1.67 bits per heavy atom. The van der Waals surface area contributed by atoms with E-state index in [-0.39, 0.29) is 11.9 Å².